The SMILES string of the molecule is CCCC[N+](CCCC)(CCCC)CCCC.O=S(=O)([O-])O.S. The Morgan fingerprint density at radius 2 is 0.913 bits per heavy atom. The number of quaternary nitrogens is 1. The van der Waals surface area contributed by atoms with Gasteiger partial charge in [-0.3, -0.25) is 4.55 Å². The highest BCUT2D eigenvalue weighted by Crippen LogP contribution is 2.16. The smallest absolute Gasteiger partial charge is 0.215 e. The number of unbranched alkanes of at least 4 members (excludes halogenated alkanes) is 4. The summed E-state index contributed by atoms with van der Waals surface area (Å²) in [5.74, 6) is 0. The first-order chi connectivity index (χ1) is 10.2. The van der Waals surface area contributed by atoms with Crippen LogP contribution >= 0.6 is 13.5 Å². The van der Waals surface area contributed by atoms with E-state index in [-0.39, 0.29) is 13.5 Å². The molecule has 0 bridgehead atoms. The van der Waals surface area contributed by atoms with Crippen LogP contribution in [0.3, 0.4) is 0 Å². The van der Waals surface area contributed by atoms with Gasteiger partial charge in [0.25, 0.3) is 0 Å². The number of nitrogens with zero attached hydrogens (tertiary/aromatic N) is 1. The van der Waals surface area contributed by atoms with Crippen molar-refractivity contribution in [3.05, 3.63) is 0 Å². The van der Waals surface area contributed by atoms with E-state index in [0.717, 1.165) is 0 Å². The molecular weight excluding hydrogens is 334 g/mol. The van der Waals surface area contributed by atoms with Gasteiger partial charge < -0.3 is 9.04 Å². The summed E-state index contributed by atoms with van der Waals surface area (Å²) in [5.41, 5.74) is 0. The van der Waals surface area contributed by atoms with Gasteiger partial charge in [-0.25, -0.2) is 8.42 Å². The summed E-state index contributed by atoms with van der Waals surface area (Å²) < 4.78 is 34.3. The first kappa shape index (κ1) is 28.0. The van der Waals surface area contributed by atoms with Crippen molar-refractivity contribution in [3.63, 3.8) is 0 Å². The lowest BCUT2D eigenvalue weighted by molar-refractivity contribution is -0.929. The van der Waals surface area contributed by atoms with Crippen molar-refractivity contribution in [2.75, 3.05) is 26.2 Å². The summed E-state index contributed by atoms with van der Waals surface area (Å²) in [6.45, 7) is 15.0. The molecule has 0 aromatic rings. The van der Waals surface area contributed by atoms with Crippen molar-refractivity contribution >= 4 is 23.9 Å². The lowest BCUT2D eigenvalue weighted by Gasteiger charge is -2.39. The Kier molecular flexibility index (Phi) is 20.7. The molecule has 0 saturated heterocycles. The molecule has 23 heavy (non-hydrogen) atoms. The van der Waals surface area contributed by atoms with E-state index in [2.05, 4.69) is 27.7 Å². The van der Waals surface area contributed by atoms with E-state index in [9.17, 15) is 0 Å². The van der Waals surface area contributed by atoms with Gasteiger partial charge in [-0.2, -0.15) is 13.5 Å². The Bertz CT molecular complexity index is 289. The van der Waals surface area contributed by atoms with Gasteiger partial charge in [0.05, 0.1) is 26.2 Å². The van der Waals surface area contributed by atoms with Crippen molar-refractivity contribution in [3.8, 4) is 0 Å². The maximum Gasteiger partial charge on any atom is 0.215 e. The second-order valence-corrected chi connectivity index (χ2v) is 6.93. The molecule has 0 atom stereocenters. The minimum absolute atomic E-state index is 0. The molecule has 5 nitrogen and oxygen atoms in total. The fourth-order valence-corrected chi connectivity index (χ4v) is 2.64. The quantitative estimate of drug-likeness (QED) is 0.317. The summed E-state index contributed by atoms with van der Waals surface area (Å²) in [6, 6.07) is 0. The van der Waals surface area contributed by atoms with Crippen LogP contribution in [0.1, 0.15) is 79.1 Å². The highest BCUT2D eigenvalue weighted by Gasteiger charge is 2.24. The molecule has 144 valence electrons. The van der Waals surface area contributed by atoms with Crippen LogP contribution in [-0.2, 0) is 10.4 Å². The van der Waals surface area contributed by atoms with Gasteiger partial charge in [0.2, 0.25) is 10.4 Å². The molecular formula is C16H39NO4S2. The Labute approximate surface area is 151 Å². The van der Waals surface area contributed by atoms with E-state index in [1.165, 1.54) is 82.0 Å². The largest absolute Gasteiger partial charge is 0.726 e. The Balaban J connectivity index is -0.000000578. The highest BCUT2D eigenvalue weighted by atomic mass is 32.3. The van der Waals surface area contributed by atoms with Crippen LogP contribution in [0.2, 0.25) is 0 Å². The molecule has 7 heteroatoms. The van der Waals surface area contributed by atoms with Gasteiger partial charge in [-0.1, -0.05) is 53.4 Å². The second-order valence-electron chi connectivity index (χ2n) is 6.08. The molecule has 0 aromatic carbocycles. The average Bonchev–Trinajstić information content (AvgIpc) is 2.44. The predicted molar refractivity (Wildman–Crippen MR) is 102 cm³/mol. The summed E-state index contributed by atoms with van der Waals surface area (Å²) in [7, 11) is -4.92. The Hall–Kier alpha value is 0.180. The first-order valence-corrected chi connectivity index (χ1v) is 10.1. The third-order valence-electron chi connectivity index (χ3n) is 3.94. The van der Waals surface area contributed by atoms with E-state index in [1.54, 1.807) is 0 Å². The van der Waals surface area contributed by atoms with Gasteiger partial charge >= 0.3 is 0 Å². The molecule has 0 aliphatic carbocycles. The molecule has 0 aromatic heterocycles. The lowest BCUT2D eigenvalue weighted by atomic mass is 10.1. The fraction of sp³-hybridized carbons (Fsp3) is 1.00. The van der Waals surface area contributed by atoms with Crippen LogP contribution in [-0.4, -0.2) is 48.2 Å². The molecule has 0 fully saturated rings. The molecule has 0 saturated carbocycles. The molecule has 0 amide bonds. The van der Waals surface area contributed by atoms with Gasteiger partial charge in [-0.05, 0) is 25.7 Å². The summed E-state index contributed by atoms with van der Waals surface area (Å²) in [6.07, 6.45) is 11.1. The topological polar surface area (TPSA) is 77.4 Å². The van der Waals surface area contributed by atoms with Crippen LogP contribution in [0, 0.1) is 0 Å². The minimum atomic E-state index is -4.92. The van der Waals surface area contributed by atoms with Gasteiger partial charge in [0, 0.05) is 0 Å². The van der Waals surface area contributed by atoms with Crippen LogP contribution < -0.4 is 0 Å². The zero-order valence-electron chi connectivity index (χ0n) is 15.5. The zero-order chi connectivity index (χ0) is 17.5. The third-order valence-corrected chi connectivity index (χ3v) is 3.94. The van der Waals surface area contributed by atoms with Crippen LogP contribution in [0.5, 0.6) is 0 Å². The third kappa shape index (κ3) is 22.2. The number of rotatable bonds is 12. The second kappa shape index (κ2) is 17.0. The predicted octanol–water partition coefficient (Wildman–Crippen LogP) is 4.12. The van der Waals surface area contributed by atoms with Crippen molar-refractivity contribution in [2.45, 2.75) is 79.1 Å². The molecule has 0 spiro atoms. The van der Waals surface area contributed by atoms with E-state index in [0.29, 0.717) is 0 Å². The molecule has 0 unspecified atom stereocenters. The molecule has 0 radical (unpaired) electrons. The normalized spacial score (nSPS) is 11.4. The Morgan fingerprint density at radius 3 is 1.04 bits per heavy atom. The van der Waals surface area contributed by atoms with Gasteiger partial charge in [-0.15, -0.1) is 0 Å². The van der Waals surface area contributed by atoms with Crippen LogP contribution in [0.15, 0.2) is 0 Å². The number of hydrogen-bond acceptors (Lipinski definition) is 3. The maximum absolute atomic E-state index is 8.63. The highest BCUT2D eigenvalue weighted by molar-refractivity contribution is 7.79. The molecule has 1 N–H and O–H groups in total. The molecule has 0 heterocycles. The molecule has 0 rings (SSSR count). The van der Waals surface area contributed by atoms with Gasteiger partial charge in [0.1, 0.15) is 0 Å². The van der Waals surface area contributed by atoms with E-state index >= 15 is 0 Å². The minimum Gasteiger partial charge on any atom is -0.726 e. The van der Waals surface area contributed by atoms with Crippen molar-refractivity contribution in [1.82, 2.24) is 0 Å². The first-order valence-electron chi connectivity index (χ1n) is 8.78. The Morgan fingerprint density at radius 1 is 0.739 bits per heavy atom. The standard InChI is InChI=1S/C16H36N.H2O4S.H2S/c1-5-9-13-17(14-10-6-2,15-11-7-3)16-12-8-4;1-5(2,3)4;/h5-16H2,1-4H3;(H2,1,2,3,4);1H2/q+1;;/p-1. The number of hydrogen-bond donors (Lipinski definition) is 1. The molecule has 0 aliphatic rings. The van der Waals surface area contributed by atoms with Crippen molar-refractivity contribution in [1.29, 1.82) is 0 Å². The van der Waals surface area contributed by atoms with Crippen LogP contribution in [0.4, 0.5) is 0 Å². The van der Waals surface area contributed by atoms with E-state index in [1.807, 2.05) is 0 Å². The monoisotopic (exact) mass is 373 g/mol. The maximum atomic E-state index is 8.63. The van der Waals surface area contributed by atoms with Crippen molar-refractivity contribution in [2.24, 2.45) is 0 Å². The zero-order valence-corrected chi connectivity index (χ0v) is 17.3. The van der Waals surface area contributed by atoms with Gasteiger partial charge in [0.15, 0.2) is 0 Å². The van der Waals surface area contributed by atoms with E-state index < -0.39 is 10.4 Å². The average molecular weight is 374 g/mol. The lowest BCUT2D eigenvalue weighted by Crippen LogP contribution is -2.50. The van der Waals surface area contributed by atoms with Crippen molar-refractivity contribution < 1.29 is 22.0 Å². The summed E-state index contributed by atoms with van der Waals surface area (Å²) >= 11 is 0. The molecule has 0 aliphatic heterocycles. The summed E-state index contributed by atoms with van der Waals surface area (Å²) in [4.78, 5) is 0. The van der Waals surface area contributed by atoms with E-state index in [4.69, 9.17) is 17.5 Å². The fourth-order valence-electron chi connectivity index (χ4n) is 2.64. The van der Waals surface area contributed by atoms with Crippen LogP contribution in [0.25, 0.3) is 0 Å². The summed E-state index contributed by atoms with van der Waals surface area (Å²) in [5, 5.41) is 0.